The molecule has 7 heteroatoms. The molecule has 29 heavy (non-hydrogen) atoms. The second-order valence-electron chi connectivity index (χ2n) is 6.32. The third-order valence-corrected chi connectivity index (χ3v) is 4.21. The first-order valence-corrected chi connectivity index (χ1v) is 9.12. The SMILES string of the molecule is COc1ccccc1CCNC(=O)c1cc(Nc2cccc(C#N)c2)nc(C)n1. The first-order valence-electron chi connectivity index (χ1n) is 9.12. The standard InChI is InChI=1S/C22H21N5O2/c1-15-25-19(13-21(26-15)27-18-8-5-6-16(12-18)14-23)22(28)24-11-10-17-7-3-4-9-20(17)29-2/h3-9,12-13H,10-11H2,1-2H3,(H,24,28)(H,25,26,27). The number of amides is 1. The molecule has 0 fully saturated rings. The summed E-state index contributed by atoms with van der Waals surface area (Å²) in [5.41, 5.74) is 2.55. The number of nitrogens with zero attached hydrogens (tertiary/aromatic N) is 3. The molecule has 3 rings (SSSR count). The Bertz CT molecular complexity index is 1060. The minimum absolute atomic E-state index is 0.275. The van der Waals surface area contributed by atoms with Gasteiger partial charge in [-0.25, -0.2) is 9.97 Å². The van der Waals surface area contributed by atoms with E-state index >= 15 is 0 Å². The van der Waals surface area contributed by atoms with E-state index in [1.165, 1.54) is 0 Å². The van der Waals surface area contributed by atoms with E-state index in [1.807, 2.05) is 30.3 Å². The number of rotatable bonds is 7. The van der Waals surface area contributed by atoms with Gasteiger partial charge in [-0.3, -0.25) is 4.79 Å². The molecule has 1 amide bonds. The van der Waals surface area contributed by atoms with Gasteiger partial charge in [0.1, 0.15) is 23.1 Å². The molecule has 0 bridgehead atoms. The number of aryl methyl sites for hydroxylation is 1. The second-order valence-corrected chi connectivity index (χ2v) is 6.32. The number of anilines is 2. The van der Waals surface area contributed by atoms with Crippen molar-refractivity contribution >= 4 is 17.4 Å². The number of ether oxygens (including phenoxy) is 1. The first kappa shape index (κ1) is 19.8. The number of nitriles is 1. The van der Waals surface area contributed by atoms with Crippen molar-refractivity contribution < 1.29 is 9.53 Å². The molecule has 0 aliphatic rings. The highest BCUT2D eigenvalue weighted by atomic mass is 16.5. The molecule has 7 nitrogen and oxygen atoms in total. The minimum atomic E-state index is -0.278. The lowest BCUT2D eigenvalue weighted by Crippen LogP contribution is -2.27. The van der Waals surface area contributed by atoms with E-state index in [-0.39, 0.29) is 11.6 Å². The highest BCUT2D eigenvalue weighted by Gasteiger charge is 2.11. The predicted octanol–water partition coefficient (Wildman–Crippen LogP) is 3.38. The Hall–Kier alpha value is -3.92. The van der Waals surface area contributed by atoms with Crippen LogP contribution in [-0.2, 0) is 6.42 Å². The molecule has 0 radical (unpaired) electrons. The van der Waals surface area contributed by atoms with E-state index in [2.05, 4.69) is 26.7 Å². The maximum atomic E-state index is 12.5. The summed E-state index contributed by atoms with van der Waals surface area (Å²) in [5, 5.41) is 15.0. The number of methoxy groups -OCH3 is 1. The van der Waals surface area contributed by atoms with E-state index in [0.717, 1.165) is 11.3 Å². The van der Waals surface area contributed by atoms with Gasteiger partial charge < -0.3 is 15.4 Å². The topological polar surface area (TPSA) is 99.9 Å². The van der Waals surface area contributed by atoms with Gasteiger partial charge >= 0.3 is 0 Å². The molecule has 146 valence electrons. The molecule has 1 aromatic heterocycles. The Labute approximate surface area is 169 Å². The van der Waals surface area contributed by atoms with Crippen LogP contribution in [0.3, 0.4) is 0 Å². The van der Waals surface area contributed by atoms with Crippen LogP contribution in [0.25, 0.3) is 0 Å². The van der Waals surface area contributed by atoms with E-state index in [0.29, 0.717) is 35.9 Å². The number of nitrogens with one attached hydrogen (secondary N) is 2. The Morgan fingerprint density at radius 2 is 1.97 bits per heavy atom. The largest absolute Gasteiger partial charge is 0.496 e. The third-order valence-electron chi connectivity index (χ3n) is 4.21. The van der Waals surface area contributed by atoms with Crippen molar-refractivity contribution in [3.05, 3.63) is 77.2 Å². The molecular formula is C22H21N5O2. The molecule has 0 atom stereocenters. The molecule has 0 unspecified atom stereocenters. The van der Waals surface area contributed by atoms with Crippen molar-refractivity contribution in [1.82, 2.24) is 15.3 Å². The number of para-hydroxylation sites is 1. The summed E-state index contributed by atoms with van der Waals surface area (Å²) in [7, 11) is 1.63. The predicted molar refractivity (Wildman–Crippen MR) is 110 cm³/mol. The van der Waals surface area contributed by atoms with Crippen LogP contribution in [-0.4, -0.2) is 29.5 Å². The Balaban J connectivity index is 1.67. The summed E-state index contributed by atoms with van der Waals surface area (Å²) in [5.74, 6) is 1.48. The Morgan fingerprint density at radius 3 is 2.76 bits per heavy atom. The van der Waals surface area contributed by atoms with E-state index in [4.69, 9.17) is 10.00 Å². The van der Waals surface area contributed by atoms with Crippen molar-refractivity contribution in [3.8, 4) is 11.8 Å². The molecule has 0 aliphatic heterocycles. The van der Waals surface area contributed by atoms with Crippen LogP contribution in [0.15, 0.2) is 54.6 Å². The third kappa shape index (κ3) is 5.30. The molecule has 2 N–H and O–H groups in total. The molecular weight excluding hydrogens is 366 g/mol. The maximum Gasteiger partial charge on any atom is 0.270 e. The fraction of sp³-hybridized carbons (Fsp3) is 0.182. The monoisotopic (exact) mass is 387 g/mol. The quantitative estimate of drug-likeness (QED) is 0.645. The van der Waals surface area contributed by atoms with Crippen LogP contribution in [0.5, 0.6) is 5.75 Å². The number of carbonyl (C=O) groups is 1. The van der Waals surface area contributed by atoms with Gasteiger partial charge in [0.25, 0.3) is 5.91 Å². The number of hydrogen-bond donors (Lipinski definition) is 2. The van der Waals surface area contributed by atoms with Crippen molar-refractivity contribution in [1.29, 1.82) is 5.26 Å². The van der Waals surface area contributed by atoms with Crippen LogP contribution in [0.2, 0.25) is 0 Å². The fourth-order valence-electron chi connectivity index (χ4n) is 2.87. The molecule has 3 aromatic rings. The van der Waals surface area contributed by atoms with Crippen LogP contribution in [0.4, 0.5) is 11.5 Å². The zero-order valence-electron chi connectivity index (χ0n) is 16.3. The van der Waals surface area contributed by atoms with Crippen LogP contribution in [0, 0.1) is 18.3 Å². The smallest absolute Gasteiger partial charge is 0.270 e. The Kier molecular flexibility index (Phi) is 6.38. The van der Waals surface area contributed by atoms with Crippen molar-refractivity contribution in [2.24, 2.45) is 0 Å². The number of aromatic nitrogens is 2. The van der Waals surface area contributed by atoms with Crippen molar-refractivity contribution in [2.75, 3.05) is 19.0 Å². The zero-order valence-corrected chi connectivity index (χ0v) is 16.3. The second kappa shape index (κ2) is 9.33. The van der Waals surface area contributed by atoms with Gasteiger partial charge in [0.05, 0.1) is 18.7 Å². The summed E-state index contributed by atoms with van der Waals surface area (Å²) in [6.45, 7) is 2.18. The zero-order chi connectivity index (χ0) is 20.6. The van der Waals surface area contributed by atoms with E-state index < -0.39 is 0 Å². The highest BCUT2D eigenvalue weighted by Crippen LogP contribution is 2.18. The lowest BCUT2D eigenvalue weighted by atomic mass is 10.1. The maximum absolute atomic E-state index is 12.5. The molecule has 2 aromatic carbocycles. The van der Waals surface area contributed by atoms with E-state index in [9.17, 15) is 4.79 Å². The van der Waals surface area contributed by atoms with Crippen LogP contribution >= 0.6 is 0 Å². The highest BCUT2D eigenvalue weighted by molar-refractivity contribution is 5.93. The average Bonchev–Trinajstić information content (AvgIpc) is 2.73. The lowest BCUT2D eigenvalue weighted by Gasteiger charge is -2.10. The van der Waals surface area contributed by atoms with Gasteiger partial charge in [-0.05, 0) is 43.2 Å². The van der Waals surface area contributed by atoms with Crippen molar-refractivity contribution in [2.45, 2.75) is 13.3 Å². The number of hydrogen-bond acceptors (Lipinski definition) is 6. The van der Waals surface area contributed by atoms with Crippen LogP contribution in [0.1, 0.15) is 27.4 Å². The normalized spacial score (nSPS) is 10.1. The van der Waals surface area contributed by atoms with E-state index in [1.54, 1.807) is 38.3 Å². The van der Waals surface area contributed by atoms with Gasteiger partial charge in [0, 0.05) is 18.3 Å². The molecule has 0 spiro atoms. The van der Waals surface area contributed by atoms with Gasteiger partial charge in [0.2, 0.25) is 0 Å². The first-order chi connectivity index (χ1) is 14.1. The van der Waals surface area contributed by atoms with Crippen molar-refractivity contribution in [3.63, 3.8) is 0 Å². The fourth-order valence-corrected chi connectivity index (χ4v) is 2.87. The summed E-state index contributed by atoms with van der Waals surface area (Å²) >= 11 is 0. The molecule has 0 saturated carbocycles. The summed E-state index contributed by atoms with van der Waals surface area (Å²) < 4.78 is 5.33. The molecule has 0 aliphatic carbocycles. The Morgan fingerprint density at radius 1 is 1.14 bits per heavy atom. The molecule has 1 heterocycles. The summed E-state index contributed by atoms with van der Waals surface area (Å²) in [6.07, 6.45) is 0.645. The van der Waals surface area contributed by atoms with Gasteiger partial charge in [0.15, 0.2) is 0 Å². The lowest BCUT2D eigenvalue weighted by molar-refractivity contribution is 0.0948. The molecule has 0 saturated heterocycles. The summed E-state index contributed by atoms with van der Waals surface area (Å²) in [6, 6.07) is 18.4. The summed E-state index contributed by atoms with van der Waals surface area (Å²) in [4.78, 5) is 21.1. The number of benzene rings is 2. The van der Waals surface area contributed by atoms with Gasteiger partial charge in [-0.15, -0.1) is 0 Å². The average molecular weight is 387 g/mol. The number of carbonyl (C=O) groups excluding carboxylic acids is 1. The van der Waals surface area contributed by atoms with Gasteiger partial charge in [-0.2, -0.15) is 5.26 Å². The van der Waals surface area contributed by atoms with Gasteiger partial charge in [-0.1, -0.05) is 24.3 Å². The van der Waals surface area contributed by atoms with Crippen LogP contribution < -0.4 is 15.4 Å². The minimum Gasteiger partial charge on any atom is -0.496 e.